The highest BCUT2D eigenvalue weighted by Crippen LogP contribution is 2.48. The van der Waals surface area contributed by atoms with Crippen LogP contribution in [0.4, 0.5) is 5.69 Å². The van der Waals surface area contributed by atoms with Crippen molar-refractivity contribution in [3.05, 3.63) is 34.4 Å². The number of fused-ring (bicyclic) bond motifs is 2. The minimum absolute atomic E-state index is 0.0112. The third-order valence-electron chi connectivity index (χ3n) is 4.82. The first-order valence-electron chi connectivity index (χ1n) is 7.99. The van der Waals surface area contributed by atoms with Crippen LogP contribution >= 0.6 is 0 Å². The molecule has 0 heterocycles. The molecule has 2 fully saturated rings. The van der Waals surface area contributed by atoms with E-state index in [0.29, 0.717) is 11.8 Å². The summed E-state index contributed by atoms with van der Waals surface area (Å²) in [6.45, 7) is -0.415. The zero-order chi connectivity index (χ0) is 17.1. The van der Waals surface area contributed by atoms with E-state index in [9.17, 15) is 19.7 Å². The average Bonchev–Trinajstić information content (AvgIpc) is 3.21. The Morgan fingerprint density at radius 1 is 1.21 bits per heavy atom. The van der Waals surface area contributed by atoms with Crippen molar-refractivity contribution in [3.63, 3.8) is 0 Å². The van der Waals surface area contributed by atoms with Crippen molar-refractivity contribution in [1.82, 2.24) is 10.9 Å². The number of ether oxygens (including phenoxy) is 1. The number of carbonyl (C=O) groups excluding carboxylic acids is 2. The van der Waals surface area contributed by atoms with Gasteiger partial charge in [-0.05, 0) is 37.2 Å². The van der Waals surface area contributed by atoms with Crippen molar-refractivity contribution < 1.29 is 19.2 Å². The molecular formula is C16H19N3O5. The van der Waals surface area contributed by atoms with E-state index in [-0.39, 0.29) is 23.3 Å². The first kappa shape index (κ1) is 16.2. The smallest absolute Gasteiger partial charge is 0.310 e. The highest BCUT2D eigenvalue weighted by molar-refractivity contribution is 5.84. The number of nitrogens with zero attached hydrogens (tertiary/aromatic N) is 1. The molecule has 0 spiro atoms. The van der Waals surface area contributed by atoms with Gasteiger partial charge in [0.15, 0.2) is 12.4 Å². The van der Waals surface area contributed by atoms with Crippen LogP contribution in [0.2, 0.25) is 0 Å². The van der Waals surface area contributed by atoms with E-state index in [0.717, 1.165) is 19.3 Å². The number of benzene rings is 1. The Bertz CT molecular complexity index is 663. The van der Waals surface area contributed by atoms with Crippen LogP contribution in [0.25, 0.3) is 0 Å². The normalized spacial score (nSPS) is 24.4. The summed E-state index contributed by atoms with van der Waals surface area (Å²) in [5.41, 5.74) is 4.52. The fourth-order valence-corrected chi connectivity index (χ4v) is 3.70. The van der Waals surface area contributed by atoms with Gasteiger partial charge >= 0.3 is 5.69 Å². The lowest BCUT2D eigenvalue weighted by Gasteiger charge is -2.20. The molecule has 3 rings (SSSR count). The van der Waals surface area contributed by atoms with Gasteiger partial charge in [-0.1, -0.05) is 18.6 Å². The number of rotatable bonds is 5. The molecule has 2 saturated carbocycles. The van der Waals surface area contributed by atoms with Gasteiger partial charge < -0.3 is 4.74 Å². The van der Waals surface area contributed by atoms with Crippen LogP contribution in [0.3, 0.4) is 0 Å². The molecule has 0 aromatic heterocycles. The first-order chi connectivity index (χ1) is 11.5. The van der Waals surface area contributed by atoms with E-state index in [2.05, 4.69) is 10.9 Å². The van der Waals surface area contributed by atoms with Crippen molar-refractivity contribution in [2.24, 2.45) is 17.8 Å². The third kappa shape index (κ3) is 3.47. The molecule has 8 nitrogen and oxygen atoms in total. The van der Waals surface area contributed by atoms with Crippen LogP contribution in [0.5, 0.6) is 5.75 Å². The molecule has 1 aromatic rings. The average molecular weight is 333 g/mol. The highest BCUT2D eigenvalue weighted by Gasteiger charge is 2.43. The van der Waals surface area contributed by atoms with E-state index < -0.39 is 17.4 Å². The quantitative estimate of drug-likeness (QED) is 0.627. The Morgan fingerprint density at radius 2 is 2.00 bits per heavy atom. The maximum absolute atomic E-state index is 12.1. The summed E-state index contributed by atoms with van der Waals surface area (Å²) < 4.78 is 5.16. The molecule has 24 heavy (non-hydrogen) atoms. The van der Waals surface area contributed by atoms with Crippen molar-refractivity contribution in [2.75, 3.05) is 6.61 Å². The Balaban J connectivity index is 1.45. The molecule has 2 bridgehead atoms. The summed E-state index contributed by atoms with van der Waals surface area (Å²) in [6, 6.07) is 5.81. The van der Waals surface area contributed by atoms with Gasteiger partial charge in [-0.15, -0.1) is 0 Å². The lowest BCUT2D eigenvalue weighted by Crippen LogP contribution is -2.47. The van der Waals surface area contributed by atoms with E-state index in [4.69, 9.17) is 4.74 Å². The lowest BCUT2D eigenvalue weighted by atomic mass is 9.88. The predicted molar refractivity (Wildman–Crippen MR) is 83.8 cm³/mol. The standard InChI is InChI=1S/C16H19N3O5/c20-15(9-24-14-4-2-1-3-13(14)19(22)23)17-18-16(21)12-8-10-5-6-11(12)7-10/h1-4,10-12H,5-9H2,(H,17,20)(H,18,21). The number of carbonyl (C=O) groups is 2. The number of nitro groups is 1. The second-order valence-corrected chi connectivity index (χ2v) is 6.33. The van der Waals surface area contributed by atoms with E-state index in [1.807, 2.05) is 0 Å². The van der Waals surface area contributed by atoms with Crippen molar-refractivity contribution in [3.8, 4) is 5.75 Å². The zero-order valence-corrected chi connectivity index (χ0v) is 13.1. The molecule has 3 atom stereocenters. The van der Waals surface area contributed by atoms with Crippen LogP contribution in [0, 0.1) is 27.9 Å². The van der Waals surface area contributed by atoms with Gasteiger partial charge in [0, 0.05) is 12.0 Å². The summed E-state index contributed by atoms with van der Waals surface area (Å²) in [6.07, 6.45) is 4.27. The van der Waals surface area contributed by atoms with Crippen LogP contribution in [-0.2, 0) is 9.59 Å². The number of para-hydroxylation sites is 2. The SMILES string of the molecule is O=C(COc1ccccc1[N+](=O)[O-])NNC(=O)C1CC2CCC1C2. The molecule has 1 aromatic carbocycles. The monoisotopic (exact) mass is 333 g/mol. The van der Waals surface area contributed by atoms with Gasteiger partial charge in [0.25, 0.3) is 5.91 Å². The van der Waals surface area contributed by atoms with Crippen molar-refractivity contribution in [2.45, 2.75) is 25.7 Å². The van der Waals surface area contributed by atoms with Crippen LogP contribution in [-0.4, -0.2) is 23.3 Å². The molecule has 8 heteroatoms. The third-order valence-corrected chi connectivity index (χ3v) is 4.82. The molecule has 2 N–H and O–H groups in total. The number of hydrazine groups is 1. The Morgan fingerprint density at radius 3 is 2.67 bits per heavy atom. The van der Waals surface area contributed by atoms with E-state index in [1.54, 1.807) is 6.07 Å². The van der Waals surface area contributed by atoms with Gasteiger partial charge in [0.1, 0.15) is 0 Å². The second kappa shape index (κ2) is 6.86. The summed E-state index contributed by atoms with van der Waals surface area (Å²) in [4.78, 5) is 34.1. The van der Waals surface area contributed by atoms with Gasteiger partial charge in [0.05, 0.1) is 4.92 Å². The maximum atomic E-state index is 12.1. The number of hydrogen-bond acceptors (Lipinski definition) is 5. The van der Waals surface area contributed by atoms with Crippen LogP contribution in [0.15, 0.2) is 24.3 Å². The highest BCUT2D eigenvalue weighted by atomic mass is 16.6. The van der Waals surface area contributed by atoms with Crippen LogP contribution < -0.4 is 15.6 Å². The fraction of sp³-hybridized carbons (Fsp3) is 0.500. The minimum Gasteiger partial charge on any atom is -0.477 e. The number of hydrogen-bond donors (Lipinski definition) is 2. The largest absolute Gasteiger partial charge is 0.477 e. The Kier molecular flexibility index (Phi) is 4.64. The topological polar surface area (TPSA) is 111 Å². The molecular weight excluding hydrogens is 314 g/mol. The number of amides is 2. The Hall–Kier alpha value is -2.64. The zero-order valence-electron chi connectivity index (χ0n) is 13.1. The van der Waals surface area contributed by atoms with E-state index in [1.165, 1.54) is 24.6 Å². The summed E-state index contributed by atoms with van der Waals surface area (Å²) in [5, 5.41) is 10.9. The molecule has 2 aliphatic rings. The molecule has 128 valence electrons. The number of nitrogens with one attached hydrogen (secondary N) is 2. The predicted octanol–water partition coefficient (Wildman–Crippen LogP) is 1.56. The van der Waals surface area contributed by atoms with Gasteiger partial charge in [-0.2, -0.15) is 0 Å². The summed E-state index contributed by atoms with van der Waals surface area (Å²) in [5.74, 6) is 0.321. The Labute approximate surface area is 138 Å². The summed E-state index contributed by atoms with van der Waals surface area (Å²) >= 11 is 0. The fourth-order valence-electron chi connectivity index (χ4n) is 3.70. The van der Waals surface area contributed by atoms with Crippen molar-refractivity contribution >= 4 is 17.5 Å². The van der Waals surface area contributed by atoms with Crippen LogP contribution in [0.1, 0.15) is 25.7 Å². The van der Waals surface area contributed by atoms with Gasteiger partial charge in [-0.25, -0.2) is 0 Å². The second-order valence-electron chi connectivity index (χ2n) is 6.33. The summed E-state index contributed by atoms with van der Waals surface area (Å²) in [7, 11) is 0. The van der Waals surface area contributed by atoms with Gasteiger partial charge in [0.2, 0.25) is 5.91 Å². The minimum atomic E-state index is -0.579. The van der Waals surface area contributed by atoms with Gasteiger partial charge in [-0.3, -0.25) is 30.6 Å². The molecule has 0 radical (unpaired) electrons. The lowest BCUT2D eigenvalue weighted by molar-refractivity contribution is -0.385. The van der Waals surface area contributed by atoms with E-state index >= 15 is 0 Å². The number of nitro benzene ring substituents is 1. The molecule has 2 amide bonds. The molecule has 0 aliphatic heterocycles. The maximum Gasteiger partial charge on any atom is 0.310 e. The van der Waals surface area contributed by atoms with Crippen molar-refractivity contribution in [1.29, 1.82) is 0 Å². The molecule has 0 saturated heterocycles. The molecule has 2 aliphatic carbocycles. The first-order valence-corrected chi connectivity index (χ1v) is 7.99. The molecule has 3 unspecified atom stereocenters.